The van der Waals surface area contributed by atoms with Gasteiger partial charge in [0, 0.05) is 33.2 Å². The number of aromatic nitrogens is 1. The summed E-state index contributed by atoms with van der Waals surface area (Å²) in [6.07, 6.45) is 0.380. The third kappa shape index (κ3) is 5.16. The number of rotatable bonds is 6. The molecule has 4 aromatic rings. The average molecular weight is 541 g/mol. The first-order valence-corrected chi connectivity index (χ1v) is 12.5. The van der Waals surface area contributed by atoms with E-state index in [1.165, 1.54) is 11.3 Å². The van der Waals surface area contributed by atoms with E-state index < -0.39 is 11.9 Å². The minimum absolute atomic E-state index is 0.270. The van der Waals surface area contributed by atoms with Gasteiger partial charge in [0.1, 0.15) is 17.2 Å². The van der Waals surface area contributed by atoms with Crippen LogP contribution in [0.5, 0.6) is 17.2 Å². The highest BCUT2D eigenvalue weighted by molar-refractivity contribution is 7.14. The van der Waals surface area contributed by atoms with Gasteiger partial charge in [0.25, 0.3) is 5.91 Å². The molecular formula is C26H18Cl2N2O5S. The summed E-state index contributed by atoms with van der Waals surface area (Å²) < 4.78 is 11.5. The maximum atomic E-state index is 12.7. The van der Waals surface area contributed by atoms with Crippen molar-refractivity contribution >= 4 is 51.5 Å². The highest BCUT2D eigenvalue weighted by Gasteiger charge is 2.29. The van der Waals surface area contributed by atoms with Gasteiger partial charge in [-0.15, -0.1) is 11.3 Å². The Hall–Kier alpha value is -3.59. The number of carboxylic acids is 1. The molecule has 5 rings (SSSR count). The first kappa shape index (κ1) is 24.1. The van der Waals surface area contributed by atoms with Gasteiger partial charge < -0.3 is 14.6 Å². The van der Waals surface area contributed by atoms with Gasteiger partial charge in [-0.05, 0) is 48.9 Å². The standard InChI is InChI=1S/C26H18Cl2N2O5S/c27-16-3-1-2-15(10-16)21-13-36-26(29-21)30-24(31)14-4-6-17(7-5-14)35-23-12-22-19(11-20(23)28)18(25(32)33)8-9-34-22/h1-7,10-13,18H,8-9H2,(H,32,33)(H,29,30,31). The molecule has 0 fully saturated rings. The van der Waals surface area contributed by atoms with Crippen molar-refractivity contribution in [2.75, 3.05) is 11.9 Å². The smallest absolute Gasteiger partial charge is 0.311 e. The second-order valence-corrected chi connectivity index (χ2v) is 9.68. The van der Waals surface area contributed by atoms with Gasteiger partial charge in [0.05, 0.1) is 23.2 Å². The van der Waals surface area contributed by atoms with Crippen LogP contribution in [-0.4, -0.2) is 28.6 Å². The number of halogens is 2. The Balaban J connectivity index is 1.27. The molecule has 0 aliphatic carbocycles. The average Bonchev–Trinajstić information content (AvgIpc) is 3.33. The monoisotopic (exact) mass is 540 g/mol. The van der Waals surface area contributed by atoms with Crippen LogP contribution in [0.2, 0.25) is 10.0 Å². The van der Waals surface area contributed by atoms with Gasteiger partial charge in [-0.2, -0.15) is 0 Å². The molecule has 0 bridgehead atoms. The highest BCUT2D eigenvalue weighted by Crippen LogP contribution is 2.41. The SMILES string of the molecule is O=C(Nc1nc(-c2cccc(Cl)c2)cs1)c1ccc(Oc2cc3c(cc2Cl)C(C(=O)O)CCO3)cc1. The molecule has 1 unspecified atom stereocenters. The fraction of sp³-hybridized carbons (Fsp3) is 0.115. The summed E-state index contributed by atoms with van der Waals surface area (Å²) in [7, 11) is 0. The molecule has 0 spiro atoms. The molecule has 1 atom stereocenters. The molecule has 1 aliphatic heterocycles. The fourth-order valence-electron chi connectivity index (χ4n) is 3.81. The largest absolute Gasteiger partial charge is 0.493 e. The van der Waals surface area contributed by atoms with Gasteiger partial charge in [0.15, 0.2) is 5.13 Å². The number of carbonyl (C=O) groups excluding carboxylic acids is 1. The molecule has 0 radical (unpaired) electrons. The van der Waals surface area contributed by atoms with Crippen LogP contribution in [0.1, 0.15) is 28.3 Å². The zero-order valence-corrected chi connectivity index (χ0v) is 20.9. The molecule has 7 nitrogen and oxygen atoms in total. The lowest BCUT2D eigenvalue weighted by Gasteiger charge is -2.24. The molecule has 1 amide bonds. The topological polar surface area (TPSA) is 97.8 Å². The van der Waals surface area contributed by atoms with Gasteiger partial charge in [-0.3, -0.25) is 14.9 Å². The van der Waals surface area contributed by atoms with Crippen molar-refractivity contribution in [2.45, 2.75) is 12.3 Å². The number of ether oxygens (including phenoxy) is 2. The summed E-state index contributed by atoms with van der Waals surface area (Å²) in [5.74, 6) is -0.682. The van der Waals surface area contributed by atoms with Crippen LogP contribution in [0.25, 0.3) is 11.3 Å². The third-order valence-electron chi connectivity index (χ3n) is 5.59. The maximum Gasteiger partial charge on any atom is 0.311 e. The number of thiazole rings is 1. The lowest BCUT2D eigenvalue weighted by Crippen LogP contribution is -2.20. The number of hydrogen-bond acceptors (Lipinski definition) is 6. The van der Waals surface area contributed by atoms with E-state index in [-0.39, 0.29) is 10.9 Å². The Morgan fingerprint density at radius 2 is 1.92 bits per heavy atom. The lowest BCUT2D eigenvalue weighted by atomic mass is 9.93. The highest BCUT2D eigenvalue weighted by atomic mass is 35.5. The van der Waals surface area contributed by atoms with Crippen molar-refractivity contribution in [3.8, 4) is 28.5 Å². The van der Waals surface area contributed by atoms with Crippen LogP contribution in [0, 0.1) is 0 Å². The summed E-state index contributed by atoms with van der Waals surface area (Å²) in [4.78, 5) is 28.7. The Morgan fingerprint density at radius 3 is 2.67 bits per heavy atom. The van der Waals surface area contributed by atoms with Crippen molar-refractivity contribution in [2.24, 2.45) is 0 Å². The molecule has 1 aliphatic rings. The second kappa shape index (κ2) is 10.2. The maximum absolute atomic E-state index is 12.7. The van der Waals surface area contributed by atoms with Crippen LogP contribution >= 0.6 is 34.5 Å². The minimum atomic E-state index is -0.920. The van der Waals surface area contributed by atoms with Crippen LogP contribution < -0.4 is 14.8 Å². The number of benzene rings is 3. The van der Waals surface area contributed by atoms with Crippen molar-refractivity contribution in [1.82, 2.24) is 4.98 Å². The van der Waals surface area contributed by atoms with Crippen molar-refractivity contribution in [3.05, 3.63) is 87.2 Å². The summed E-state index contributed by atoms with van der Waals surface area (Å²) in [6, 6.07) is 17.0. The van der Waals surface area contributed by atoms with Gasteiger partial charge in [0.2, 0.25) is 0 Å². The van der Waals surface area contributed by atoms with Crippen LogP contribution in [0.3, 0.4) is 0 Å². The molecule has 182 valence electrons. The lowest BCUT2D eigenvalue weighted by molar-refractivity contribution is -0.139. The van der Waals surface area contributed by atoms with Crippen molar-refractivity contribution in [1.29, 1.82) is 0 Å². The molecule has 2 N–H and O–H groups in total. The quantitative estimate of drug-likeness (QED) is 0.270. The van der Waals surface area contributed by atoms with Crippen molar-refractivity contribution in [3.63, 3.8) is 0 Å². The normalized spacial score (nSPS) is 14.4. The number of hydrogen-bond donors (Lipinski definition) is 2. The third-order valence-corrected chi connectivity index (χ3v) is 6.88. The van der Waals surface area contributed by atoms with Crippen LogP contribution in [0.15, 0.2) is 66.0 Å². The van der Waals surface area contributed by atoms with E-state index in [1.54, 1.807) is 42.5 Å². The van der Waals surface area contributed by atoms with Gasteiger partial charge >= 0.3 is 5.97 Å². The molecule has 0 saturated heterocycles. The van der Waals surface area contributed by atoms with E-state index in [2.05, 4.69) is 10.3 Å². The van der Waals surface area contributed by atoms with Crippen molar-refractivity contribution < 1.29 is 24.2 Å². The fourth-order valence-corrected chi connectivity index (χ4v) is 4.92. The van der Waals surface area contributed by atoms with E-state index in [0.717, 1.165) is 11.3 Å². The summed E-state index contributed by atoms with van der Waals surface area (Å²) in [5.41, 5.74) is 2.54. The Labute approximate surface area is 220 Å². The van der Waals surface area contributed by atoms with E-state index in [1.807, 2.05) is 23.6 Å². The number of amides is 1. The Bertz CT molecular complexity index is 1460. The summed E-state index contributed by atoms with van der Waals surface area (Å²) >= 11 is 13.7. The number of carbonyl (C=O) groups is 2. The molecule has 2 heterocycles. The van der Waals surface area contributed by atoms with E-state index >= 15 is 0 Å². The summed E-state index contributed by atoms with van der Waals surface area (Å²) in [5, 5.41) is 15.4. The first-order valence-electron chi connectivity index (χ1n) is 10.9. The Kier molecular flexibility index (Phi) is 6.82. The molecule has 1 aromatic heterocycles. The number of aliphatic carboxylic acids is 1. The first-order chi connectivity index (χ1) is 17.4. The van der Waals surface area contributed by atoms with E-state index in [9.17, 15) is 14.7 Å². The molecular weight excluding hydrogens is 523 g/mol. The predicted octanol–water partition coefficient (Wildman–Crippen LogP) is 7.11. The number of nitrogens with zero attached hydrogens (tertiary/aromatic N) is 1. The zero-order valence-electron chi connectivity index (χ0n) is 18.5. The van der Waals surface area contributed by atoms with Gasteiger partial charge in [-0.1, -0.05) is 35.3 Å². The van der Waals surface area contributed by atoms with E-state index in [0.29, 0.717) is 51.6 Å². The van der Waals surface area contributed by atoms with Crippen LogP contribution in [-0.2, 0) is 4.79 Å². The van der Waals surface area contributed by atoms with Crippen LogP contribution in [0.4, 0.5) is 5.13 Å². The number of nitrogens with one attached hydrogen (secondary N) is 1. The number of carboxylic acid groups (broad SMARTS) is 1. The molecule has 0 saturated carbocycles. The van der Waals surface area contributed by atoms with Gasteiger partial charge in [-0.25, -0.2) is 4.98 Å². The number of fused-ring (bicyclic) bond motifs is 1. The number of anilines is 1. The Morgan fingerprint density at radius 1 is 1.11 bits per heavy atom. The zero-order chi connectivity index (χ0) is 25.2. The van der Waals surface area contributed by atoms with E-state index in [4.69, 9.17) is 32.7 Å². The second-order valence-electron chi connectivity index (χ2n) is 7.98. The molecule has 36 heavy (non-hydrogen) atoms. The molecule has 10 heteroatoms. The predicted molar refractivity (Wildman–Crippen MR) is 139 cm³/mol. The summed E-state index contributed by atoms with van der Waals surface area (Å²) in [6.45, 7) is 0.300. The minimum Gasteiger partial charge on any atom is -0.493 e. The molecule has 3 aromatic carbocycles.